The van der Waals surface area contributed by atoms with E-state index in [4.69, 9.17) is 0 Å². The molecule has 0 radical (unpaired) electrons. The lowest BCUT2D eigenvalue weighted by Gasteiger charge is -2.11. The molecule has 0 aliphatic rings. The zero-order valence-electron chi connectivity index (χ0n) is 14.3. The molecular weight excluding hydrogens is 288 g/mol. The van der Waals surface area contributed by atoms with Crippen LogP contribution in [-0.4, -0.2) is 11.8 Å². The summed E-state index contributed by atoms with van der Waals surface area (Å²) in [5.74, 6) is -1.01. The molecule has 0 aromatic heterocycles. The van der Waals surface area contributed by atoms with Crippen LogP contribution in [0.5, 0.6) is 0 Å². The van der Waals surface area contributed by atoms with Crippen molar-refractivity contribution in [2.24, 2.45) is 5.92 Å². The molecule has 0 saturated carbocycles. The normalized spacial score (nSPS) is 12.0. The average molecular weight is 317 g/mol. The van der Waals surface area contributed by atoms with Crippen LogP contribution in [0, 0.1) is 5.92 Å². The number of hydrogen-bond acceptors (Lipinski definition) is 3. The van der Waals surface area contributed by atoms with Gasteiger partial charge in [0.05, 0.1) is 0 Å². The predicted molar refractivity (Wildman–Crippen MR) is 91.1 cm³/mol. The van der Waals surface area contributed by atoms with Gasteiger partial charge in [0.1, 0.15) is 0 Å². The Morgan fingerprint density at radius 1 is 0.870 bits per heavy atom. The highest BCUT2D eigenvalue weighted by molar-refractivity contribution is 5.95. The van der Waals surface area contributed by atoms with Crippen LogP contribution in [0.1, 0.15) is 81.5 Å². The van der Waals surface area contributed by atoms with Gasteiger partial charge in [-0.1, -0.05) is 82.2 Å². The monoisotopic (exact) mass is 317 g/mol. The van der Waals surface area contributed by atoms with Gasteiger partial charge in [0.15, 0.2) is 5.78 Å². The van der Waals surface area contributed by atoms with Gasteiger partial charge in [0, 0.05) is 18.0 Å². The number of carboxylic acids is 1. The number of unbranched alkanes of at least 4 members (excludes halogenated alkanes) is 7. The van der Waals surface area contributed by atoms with Gasteiger partial charge in [-0.15, -0.1) is 0 Å². The molecule has 0 amide bonds. The number of carbonyl (C=O) groups excluding carboxylic acids is 2. The fraction of sp³-hybridized carbons (Fsp3) is 0.600. The Hall–Kier alpha value is -1.64. The van der Waals surface area contributed by atoms with Gasteiger partial charge < -0.3 is 9.90 Å². The molecule has 1 atom stereocenters. The van der Waals surface area contributed by atoms with Crippen molar-refractivity contribution < 1.29 is 14.7 Å². The van der Waals surface area contributed by atoms with Crippen molar-refractivity contribution in [2.45, 2.75) is 71.1 Å². The standard InChI is InChI=1S/C20H30O3/c1-17(20(22)23)13-9-6-4-2-3-5-7-12-16-19(21)18-14-10-8-11-15-18/h8,10-11,14-15,17H,2-7,9,12-13,16H2,1H3,(H,22,23)/p-1/t17-/m1/s1. The molecule has 0 bridgehead atoms. The maximum absolute atomic E-state index is 11.9. The summed E-state index contributed by atoms with van der Waals surface area (Å²) < 4.78 is 0. The van der Waals surface area contributed by atoms with Crippen molar-refractivity contribution in [3.63, 3.8) is 0 Å². The summed E-state index contributed by atoms with van der Waals surface area (Å²) in [5.41, 5.74) is 0.818. The summed E-state index contributed by atoms with van der Waals surface area (Å²) in [4.78, 5) is 22.5. The highest BCUT2D eigenvalue weighted by atomic mass is 16.4. The minimum Gasteiger partial charge on any atom is -0.550 e. The van der Waals surface area contributed by atoms with Crippen LogP contribution in [0.25, 0.3) is 0 Å². The van der Waals surface area contributed by atoms with E-state index < -0.39 is 5.97 Å². The van der Waals surface area contributed by atoms with E-state index in [9.17, 15) is 14.7 Å². The Bertz CT molecular complexity index is 453. The highest BCUT2D eigenvalue weighted by Gasteiger charge is 2.04. The van der Waals surface area contributed by atoms with Crippen LogP contribution < -0.4 is 5.11 Å². The van der Waals surface area contributed by atoms with E-state index in [1.807, 2.05) is 30.3 Å². The van der Waals surface area contributed by atoms with E-state index >= 15 is 0 Å². The van der Waals surface area contributed by atoms with Gasteiger partial charge in [-0.25, -0.2) is 0 Å². The number of Topliss-reactive ketones (excluding diaryl/α,β-unsaturated/α-hetero) is 1. The fourth-order valence-electron chi connectivity index (χ4n) is 2.68. The highest BCUT2D eigenvalue weighted by Crippen LogP contribution is 2.14. The van der Waals surface area contributed by atoms with Gasteiger partial charge in [0.2, 0.25) is 0 Å². The van der Waals surface area contributed by atoms with E-state index in [0.29, 0.717) is 6.42 Å². The molecule has 0 heterocycles. The molecule has 0 unspecified atom stereocenters. The number of ketones is 1. The molecule has 0 aliphatic heterocycles. The van der Waals surface area contributed by atoms with Gasteiger partial charge in [-0.2, -0.15) is 0 Å². The van der Waals surface area contributed by atoms with E-state index in [2.05, 4.69) is 0 Å². The Kier molecular flexibility index (Phi) is 10.0. The maximum Gasteiger partial charge on any atom is 0.162 e. The number of carboxylic acid groups (broad SMARTS) is 1. The van der Waals surface area contributed by atoms with Crippen molar-refractivity contribution in [3.8, 4) is 0 Å². The molecule has 128 valence electrons. The number of rotatable bonds is 13. The first-order valence-corrected chi connectivity index (χ1v) is 8.90. The molecule has 23 heavy (non-hydrogen) atoms. The van der Waals surface area contributed by atoms with Gasteiger partial charge in [-0.05, 0) is 18.8 Å². The third-order valence-corrected chi connectivity index (χ3v) is 4.29. The third-order valence-electron chi connectivity index (χ3n) is 4.29. The molecule has 3 nitrogen and oxygen atoms in total. The van der Waals surface area contributed by atoms with Crippen molar-refractivity contribution >= 4 is 11.8 Å². The Morgan fingerprint density at radius 2 is 1.39 bits per heavy atom. The topological polar surface area (TPSA) is 57.2 Å². The molecule has 0 fully saturated rings. The lowest BCUT2D eigenvalue weighted by molar-refractivity contribution is -0.311. The van der Waals surface area contributed by atoms with Crippen molar-refractivity contribution in [2.75, 3.05) is 0 Å². The Balaban J connectivity index is 1.90. The molecule has 1 rings (SSSR count). The summed E-state index contributed by atoms with van der Waals surface area (Å²) in [6.45, 7) is 1.71. The predicted octanol–water partition coefficient (Wildman–Crippen LogP) is 4.16. The quantitative estimate of drug-likeness (QED) is 0.405. The third kappa shape index (κ3) is 9.17. The number of aliphatic carboxylic acids is 1. The molecule has 0 N–H and O–H groups in total. The summed E-state index contributed by atoms with van der Waals surface area (Å²) >= 11 is 0. The zero-order valence-corrected chi connectivity index (χ0v) is 14.3. The van der Waals surface area contributed by atoms with E-state index in [1.165, 1.54) is 25.7 Å². The van der Waals surface area contributed by atoms with E-state index in [0.717, 1.165) is 37.7 Å². The first kappa shape index (κ1) is 19.4. The molecular formula is C20H29O3-. The van der Waals surface area contributed by atoms with Crippen LogP contribution in [0.4, 0.5) is 0 Å². The molecule has 1 aromatic rings. The maximum atomic E-state index is 11.9. The summed E-state index contributed by atoms with van der Waals surface area (Å²) in [7, 11) is 0. The van der Waals surface area contributed by atoms with Crippen LogP contribution in [0.15, 0.2) is 30.3 Å². The summed E-state index contributed by atoms with van der Waals surface area (Å²) in [5, 5.41) is 10.6. The van der Waals surface area contributed by atoms with Crippen molar-refractivity contribution in [3.05, 3.63) is 35.9 Å². The SMILES string of the molecule is C[C@H](CCCCCCCCCCC(=O)c1ccccc1)C(=O)[O-]. The van der Waals surface area contributed by atoms with Crippen LogP contribution in [-0.2, 0) is 4.79 Å². The van der Waals surface area contributed by atoms with Gasteiger partial charge in [0.25, 0.3) is 0 Å². The smallest absolute Gasteiger partial charge is 0.162 e. The van der Waals surface area contributed by atoms with Gasteiger partial charge in [-0.3, -0.25) is 4.79 Å². The zero-order chi connectivity index (χ0) is 16.9. The largest absolute Gasteiger partial charge is 0.550 e. The lowest BCUT2D eigenvalue weighted by atomic mass is 10.0. The van der Waals surface area contributed by atoms with Crippen LogP contribution in [0.3, 0.4) is 0 Å². The minimum absolute atomic E-state index is 0.243. The van der Waals surface area contributed by atoms with Crippen molar-refractivity contribution in [1.82, 2.24) is 0 Å². The molecule has 3 heteroatoms. The number of carbonyl (C=O) groups is 2. The summed E-state index contributed by atoms with van der Waals surface area (Å²) in [6, 6.07) is 9.49. The lowest BCUT2D eigenvalue weighted by Crippen LogP contribution is -2.29. The molecule has 0 aliphatic carbocycles. The first-order valence-electron chi connectivity index (χ1n) is 8.90. The van der Waals surface area contributed by atoms with Crippen molar-refractivity contribution in [1.29, 1.82) is 0 Å². The second-order valence-electron chi connectivity index (χ2n) is 6.38. The Morgan fingerprint density at radius 3 is 1.96 bits per heavy atom. The molecule has 1 aromatic carbocycles. The summed E-state index contributed by atoms with van der Waals surface area (Å²) in [6.07, 6.45) is 10.3. The molecule has 0 spiro atoms. The van der Waals surface area contributed by atoms with Crippen LogP contribution in [0.2, 0.25) is 0 Å². The fourth-order valence-corrected chi connectivity index (χ4v) is 2.68. The second-order valence-corrected chi connectivity index (χ2v) is 6.38. The Labute approximate surface area is 140 Å². The number of benzene rings is 1. The van der Waals surface area contributed by atoms with E-state index in [1.54, 1.807) is 6.92 Å². The first-order chi connectivity index (χ1) is 11.1. The average Bonchev–Trinajstić information content (AvgIpc) is 2.56. The van der Waals surface area contributed by atoms with Gasteiger partial charge >= 0.3 is 0 Å². The minimum atomic E-state index is -0.935. The number of hydrogen-bond donors (Lipinski definition) is 0. The van der Waals surface area contributed by atoms with Crippen LogP contribution >= 0.6 is 0 Å². The second kappa shape index (κ2) is 11.9. The van der Waals surface area contributed by atoms with E-state index in [-0.39, 0.29) is 11.7 Å². The molecule has 0 saturated heterocycles.